The third kappa shape index (κ3) is 3.80. The van der Waals surface area contributed by atoms with Gasteiger partial charge in [0.1, 0.15) is 23.2 Å². The second kappa shape index (κ2) is 8.81. The van der Waals surface area contributed by atoms with E-state index >= 15 is 0 Å². The number of phenols is 1. The number of rotatable bonds is 3. The standard InChI is InChI=1S/C31H32N4O3/c1-5-19-10-11-27-25(12-19)28(34-18-33-27)31-17-32-16-21(35(31)29(37)38-30(2,3)4)14-26(31)24-15-22(36)13-20-8-6-7-9-23(20)24/h5-13,15,18,21,26,32,36H,1,14,16-17H2,2-4H3. The molecule has 3 atom stereocenters. The number of carbonyl (C=O) groups is 1. The van der Waals surface area contributed by atoms with Gasteiger partial charge in [-0.25, -0.2) is 14.8 Å². The quantitative estimate of drug-likeness (QED) is 0.368. The maximum Gasteiger partial charge on any atom is 0.411 e. The number of aromatic nitrogens is 2. The molecule has 3 aromatic carbocycles. The SMILES string of the molecule is C=Cc1ccc2ncnc(C34CNCC(CC3c3cc(O)cc5ccccc35)N4C(=O)OC(C)(C)C)c2c1. The minimum absolute atomic E-state index is 0.114. The summed E-state index contributed by atoms with van der Waals surface area (Å²) in [5, 5.41) is 17.3. The van der Waals surface area contributed by atoms with E-state index < -0.39 is 11.1 Å². The molecular formula is C31H32N4O3. The summed E-state index contributed by atoms with van der Waals surface area (Å²) in [5.74, 6) is 0.0473. The number of amides is 1. The van der Waals surface area contributed by atoms with Crippen LogP contribution >= 0.6 is 0 Å². The second-order valence-corrected chi connectivity index (χ2v) is 11.3. The average Bonchev–Trinajstić information content (AvgIpc) is 3.09. The van der Waals surface area contributed by atoms with Crippen LogP contribution in [0, 0.1) is 0 Å². The van der Waals surface area contributed by atoms with Gasteiger partial charge in [-0.05, 0) is 73.4 Å². The molecule has 2 aliphatic rings. The smallest absolute Gasteiger partial charge is 0.411 e. The van der Waals surface area contributed by atoms with Crippen LogP contribution in [0.4, 0.5) is 4.79 Å². The fraction of sp³-hybridized carbons (Fsp3) is 0.323. The van der Waals surface area contributed by atoms with Crippen molar-refractivity contribution in [3.63, 3.8) is 0 Å². The lowest BCUT2D eigenvalue weighted by atomic mass is 9.75. The highest BCUT2D eigenvalue weighted by molar-refractivity contribution is 5.89. The van der Waals surface area contributed by atoms with E-state index in [9.17, 15) is 9.90 Å². The summed E-state index contributed by atoms with van der Waals surface area (Å²) < 4.78 is 6.01. The van der Waals surface area contributed by atoms with Gasteiger partial charge >= 0.3 is 6.09 Å². The third-order valence-electron chi connectivity index (χ3n) is 7.80. The van der Waals surface area contributed by atoms with E-state index in [1.165, 1.54) is 0 Å². The lowest BCUT2D eigenvalue weighted by molar-refractivity contribution is -0.0145. The van der Waals surface area contributed by atoms with Gasteiger partial charge in [-0.15, -0.1) is 0 Å². The fourth-order valence-corrected chi connectivity index (χ4v) is 6.41. The first kappa shape index (κ1) is 24.4. The zero-order valence-electron chi connectivity index (χ0n) is 21.9. The van der Waals surface area contributed by atoms with Crippen LogP contribution < -0.4 is 5.32 Å². The van der Waals surface area contributed by atoms with Gasteiger partial charge in [-0.2, -0.15) is 0 Å². The third-order valence-corrected chi connectivity index (χ3v) is 7.80. The highest BCUT2D eigenvalue weighted by Crippen LogP contribution is 2.55. The Labute approximate surface area is 222 Å². The molecule has 3 unspecified atom stereocenters. The molecule has 194 valence electrons. The molecule has 3 heterocycles. The molecular weight excluding hydrogens is 476 g/mol. The summed E-state index contributed by atoms with van der Waals surface area (Å²) >= 11 is 0. The molecule has 1 aromatic heterocycles. The van der Waals surface area contributed by atoms with Crippen molar-refractivity contribution in [1.29, 1.82) is 0 Å². The first-order valence-corrected chi connectivity index (χ1v) is 13.0. The predicted octanol–water partition coefficient (Wildman–Crippen LogP) is 5.72. The maximum absolute atomic E-state index is 14.0. The molecule has 0 saturated carbocycles. The number of carbonyl (C=O) groups excluding carboxylic acids is 1. The van der Waals surface area contributed by atoms with Crippen molar-refractivity contribution in [2.75, 3.05) is 13.1 Å². The van der Waals surface area contributed by atoms with Crippen LogP contribution in [-0.4, -0.2) is 50.8 Å². The van der Waals surface area contributed by atoms with Gasteiger partial charge in [0.15, 0.2) is 0 Å². The van der Waals surface area contributed by atoms with Gasteiger partial charge < -0.3 is 15.2 Å². The second-order valence-electron chi connectivity index (χ2n) is 11.3. The van der Waals surface area contributed by atoms with E-state index in [0.29, 0.717) is 19.5 Å². The van der Waals surface area contributed by atoms with Crippen LogP contribution in [0.3, 0.4) is 0 Å². The molecule has 1 amide bonds. The van der Waals surface area contributed by atoms with E-state index in [1.807, 2.05) is 68.1 Å². The van der Waals surface area contributed by atoms with E-state index in [0.717, 1.165) is 38.5 Å². The molecule has 38 heavy (non-hydrogen) atoms. The Morgan fingerprint density at radius 2 is 1.97 bits per heavy atom. The zero-order valence-corrected chi connectivity index (χ0v) is 21.9. The Hall–Kier alpha value is -3.97. The highest BCUT2D eigenvalue weighted by Gasteiger charge is 2.61. The van der Waals surface area contributed by atoms with Gasteiger partial charge in [0.05, 0.1) is 11.2 Å². The van der Waals surface area contributed by atoms with Gasteiger partial charge in [-0.1, -0.05) is 43.0 Å². The summed E-state index contributed by atoms with van der Waals surface area (Å²) in [4.78, 5) is 25.3. The molecule has 2 N–H and O–H groups in total. The molecule has 0 aliphatic carbocycles. The van der Waals surface area contributed by atoms with Crippen molar-refractivity contribution in [3.05, 3.63) is 84.3 Å². The molecule has 4 aromatic rings. The first-order valence-electron chi connectivity index (χ1n) is 13.0. The number of benzene rings is 3. The molecule has 0 radical (unpaired) electrons. The number of aromatic hydroxyl groups is 1. The summed E-state index contributed by atoms with van der Waals surface area (Å²) in [5.41, 5.74) is 1.98. The van der Waals surface area contributed by atoms with Gasteiger partial charge in [0.2, 0.25) is 0 Å². The molecule has 2 saturated heterocycles. The van der Waals surface area contributed by atoms with Crippen molar-refractivity contribution < 1.29 is 14.6 Å². The van der Waals surface area contributed by atoms with Crippen LogP contribution in [0.2, 0.25) is 0 Å². The lowest BCUT2D eigenvalue weighted by Gasteiger charge is -2.47. The number of nitrogens with zero attached hydrogens (tertiary/aromatic N) is 3. The number of phenolic OH excluding ortho intramolecular Hbond substituents is 1. The Balaban J connectivity index is 1.66. The number of fused-ring (bicyclic) bond motifs is 4. The largest absolute Gasteiger partial charge is 0.508 e. The first-order chi connectivity index (χ1) is 18.2. The van der Waals surface area contributed by atoms with Crippen molar-refractivity contribution in [3.8, 4) is 5.75 Å². The van der Waals surface area contributed by atoms with Crippen LogP contribution in [0.25, 0.3) is 27.8 Å². The van der Waals surface area contributed by atoms with E-state index in [-0.39, 0.29) is 23.8 Å². The van der Waals surface area contributed by atoms with Crippen molar-refractivity contribution in [1.82, 2.24) is 20.2 Å². The van der Waals surface area contributed by atoms with Gasteiger partial charge in [0.25, 0.3) is 0 Å². The van der Waals surface area contributed by atoms with Crippen LogP contribution in [0.15, 0.2) is 67.5 Å². The number of nitrogens with one attached hydrogen (secondary N) is 1. The molecule has 2 fully saturated rings. The maximum atomic E-state index is 14.0. The Bertz CT molecular complexity index is 1580. The topological polar surface area (TPSA) is 87.6 Å². The Morgan fingerprint density at radius 3 is 2.76 bits per heavy atom. The molecule has 2 aliphatic heterocycles. The number of ether oxygens (including phenoxy) is 1. The number of hydrogen-bond acceptors (Lipinski definition) is 6. The van der Waals surface area contributed by atoms with E-state index in [4.69, 9.17) is 9.72 Å². The van der Waals surface area contributed by atoms with Crippen LogP contribution in [0.1, 0.15) is 49.9 Å². The van der Waals surface area contributed by atoms with Gasteiger partial charge in [0, 0.05) is 30.4 Å². The van der Waals surface area contributed by atoms with Crippen molar-refractivity contribution >= 4 is 33.8 Å². The molecule has 2 bridgehead atoms. The highest BCUT2D eigenvalue weighted by atomic mass is 16.6. The average molecular weight is 509 g/mol. The zero-order chi connectivity index (χ0) is 26.7. The summed E-state index contributed by atoms with van der Waals surface area (Å²) in [7, 11) is 0. The summed E-state index contributed by atoms with van der Waals surface area (Å²) in [6.07, 6.45) is 3.72. The Kier molecular flexibility index (Phi) is 5.65. The minimum atomic E-state index is -0.872. The van der Waals surface area contributed by atoms with E-state index in [1.54, 1.807) is 18.5 Å². The van der Waals surface area contributed by atoms with Crippen molar-refractivity contribution in [2.24, 2.45) is 0 Å². The summed E-state index contributed by atoms with van der Waals surface area (Å²) in [6, 6.07) is 17.6. The van der Waals surface area contributed by atoms with Gasteiger partial charge in [-0.3, -0.25) is 4.90 Å². The van der Waals surface area contributed by atoms with Crippen molar-refractivity contribution in [2.45, 2.75) is 50.3 Å². The number of piperazine rings is 1. The van der Waals surface area contributed by atoms with E-state index in [2.05, 4.69) is 22.9 Å². The monoisotopic (exact) mass is 508 g/mol. The van der Waals surface area contributed by atoms with Crippen LogP contribution in [0.5, 0.6) is 5.75 Å². The summed E-state index contributed by atoms with van der Waals surface area (Å²) in [6.45, 7) is 10.7. The minimum Gasteiger partial charge on any atom is -0.508 e. The Morgan fingerprint density at radius 1 is 1.16 bits per heavy atom. The molecule has 0 spiro atoms. The fourth-order valence-electron chi connectivity index (χ4n) is 6.41. The molecule has 6 rings (SSSR count). The van der Waals surface area contributed by atoms with Crippen LogP contribution in [-0.2, 0) is 10.3 Å². The normalized spacial score (nSPS) is 23.1. The number of hydrogen-bond donors (Lipinski definition) is 2. The lowest BCUT2D eigenvalue weighted by Crippen LogP contribution is -2.62. The molecule has 7 nitrogen and oxygen atoms in total. The molecule has 7 heteroatoms. The predicted molar refractivity (Wildman–Crippen MR) is 149 cm³/mol.